The summed E-state index contributed by atoms with van der Waals surface area (Å²) < 4.78 is 18.5. The summed E-state index contributed by atoms with van der Waals surface area (Å²) in [7, 11) is 0. The summed E-state index contributed by atoms with van der Waals surface area (Å²) in [6.07, 6.45) is 0.647. The Morgan fingerprint density at radius 1 is 1.47 bits per heavy atom. The maximum absolute atomic E-state index is 12.9. The van der Waals surface area contributed by atoms with E-state index in [9.17, 15) is 4.39 Å². The molecule has 0 radical (unpaired) electrons. The quantitative estimate of drug-likeness (QED) is 0.765. The minimum absolute atomic E-state index is 0.120. The van der Waals surface area contributed by atoms with Crippen molar-refractivity contribution in [1.82, 2.24) is 5.32 Å². The van der Waals surface area contributed by atoms with Gasteiger partial charge in [0.25, 0.3) is 0 Å². The molecule has 1 atom stereocenters. The van der Waals surface area contributed by atoms with Crippen LogP contribution < -0.4 is 10.1 Å². The van der Waals surface area contributed by atoms with E-state index in [1.165, 1.54) is 12.1 Å². The van der Waals surface area contributed by atoms with Crippen molar-refractivity contribution in [2.75, 3.05) is 19.8 Å². The number of likely N-dealkylation sites (N-methyl/N-ethyl adjacent to an activating group) is 1. The first-order chi connectivity index (χ1) is 8.17. The van der Waals surface area contributed by atoms with Crippen LogP contribution in [-0.2, 0) is 0 Å². The minimum Gasteiger partial charge on any atom is -0.492 e. The Labute approximate surface area is 102 Å². The van der Waals surface area contributed by atoms with E-state index < -0.39 is 0 Å². The predicted molar refractivity (Wildman–Crippen MR) is 65.8 cm³/mol. The van der Waals surface area contributed by atoms with Crippen LogP contribution >= 0.6 is 0 Å². The van der Waals surface area contributed by atoms with Gasteiger partial charge in [0.1, 0.15) is 18.2 Å². The number of aliphatic hydroxyl groups is 1. The van der Waals surface area contributed by atoms with Crippen LogP contribution in [0.15, 0.2) is 18.2 Å². The van der Waals surface area contributed by atoms with Crippen LogP contribution in [0.4, 0.5) is 4.39 Å². The van der Waals surface area contributed by atoms with E-state index in [2.05, 4.69) is 5.32 Å². The first kappa shape index (κ1) is 13.9. The molecule has 1 unspecified atom stereocenters. The van der Waals surface area contributed by atoms with Gasteiger partial charge >= 0.3 is 0 Å². The molecule has 0 spiro atoms. The van der Waals surface area contributed by atoms with Crippen molar-refractivity contribution in [1.29, 1.82) is 0 Å². The third-order valence-corrected chi connectivity index (χ3v) is 2.55. The first-order valence-corrected chi connectivity index (χ1v) is 5.90. The zero-order valence-corrected chi connectivity index (χ0v) is 10.4. The lowest BCUT2D eigenvalue weighted by atomic mass is 10.2. The minimum atomic E-state index is -0.256. The van der Waals surface area contributed by atoms with Crippen molar-refractivity contribution in [2.24, 2.45) is 0 Å². The molecule has 0 saturated heterocycles. The number of ether oxygens (including phenoxy) is 1. The second-order valence-electron chi connectivity index (χ2n) is 3.99. The summed E-state index contributed by atoms with van der Waals surface area (Å²) >= 11 is 0. The van der Waals surface area contributed by atoms with Gasteiger partial charge in [-0.05, 0) is 43.7 Å². The molecule has 4 heteroatoms. The molecule has 0 aliphatic heterocycles. The molecular formula is C13H20FNO2. The van der Waals surface area contributed by atoms with Crippen molar-refractivity contribution < 1.29 is 14.2 Å². The number of hydrogen-bond donors (Lipinski definition) is 2. The fourth-order valence-electron chi connectivity index (χ4n) is 1.65. The van der Waals surface area contributed by atoms with Crippen LogP contribution in [0.25, 0.3) is 0 Å². The molecule has 0 bridgehead atoms. The van der Waals surface area contributed by atoms with E-state index >= 15 is 0 Å². The van der Waals surface area contributed by atoms with Crippen LogP contribution in [0.5, 0.6) is 5.75 Å². The van der Waals surface area contributed by atoms with E-state index in [0.29, 0.717) is 18.8 Å². The SMILES string of the molecule is CCNC(CCO)COc1ccc(F)cc1C. The number of nitrogens with one attached hydrogen (secondary N) is 1. The molecular weight excluding hydrogens is 221 g/mol. The summed E-state index contributed by atoms with van der Waals surface area (Å²) in [5, 5.41) is 12.1. The van der Waals surface area contributed by atoms with Crippen LogP contribution in [0.2, 0.25) is 0 Å². The van der Waals surface area contributed by atoms with Crippen LogP contribution in [0.1, 0.15) is 18.9 Å². The lowest BCUT2D eigenvalue weighted by Crippen LogP contribution is -2.35. The molecule has 3 nitrogen and oxygen atoms in total. The third-order valence-electron chi connectivity index (χ3n) is 2.55. The normalized spacial score (nSPS) is 12.5. The molecule has 0 saturated carbocycles. The van der Waals surface area contributed by atoms with Crippen LogP contribution in [0.3, 0.4) is 0 Å². The second kappa shape index (κ2) is 7.25. The highest BCUT2D eigenvalue weighted by atomic mass is 19.1. The highest BCUT2D eigenvalue weighted by Gasteiger charge is 2.08. The largest absolute Gasteiger partial charge is 0.492 e. The molecule has 1 aromatic carbocycles. The van der Waals surface area contributed by atoms with Gasteiger partial charge in [-0.15, -0.1) is 0 Å². The Kier molecular flexibility index (Phi) is 5.94. The lowest BCUT2D eigenvalue weighted by Gasteiger charge is -2.18. The lowest BCUT2D eigenvalue weighted by molar-refractivity contribution is 0.214. The summed E-state index contributed by atoms with van der Waals surface area (Å²) in [5.74, 6) is 0.431. The molecule has 96 valence electrons. The van der Waals surface area contributed by atoms with Gasteiger partial charge in [0.15, 0.2) is 0 Å². The van der Waals surface area contributed by atoms with Gasteiger partial charge in [-0.1, -0.05) is 6.92 Å². The van der Waals surface area contributed by atoms with Gasteiger partial charge in [-0.25, -0.2) is 4.39 Å². The third kappa shape index (κ3) is 4.71. The average molecular weight is 241 g/mol. The summed E-state index contributed by atoms with van der Waals surface area (Å²) in [5.41, 5.74) is 0.782. The molecule has 0 aliphatic rings. The molecule has 2 N–H and O–H groups in total. The number of aliphatic hydroxyl groups excluding tert-OH is 1. The Hall–Kier alpha value is -1.13. The van der Waals surface area contributed by atoms with Gasteiger partial charge in [0.2, 0.25) is 0 Å². The zero-order chi connectivity index (χ0) is 12.7. The Morgan fingerprint density at radius 3 is 2.82 bits per heavy atom. The molecule has 1 rings (SSSR count). The number of halogens is 1. The molecule has 0 aliphatic carbocycles. The molecule has 0 heterocycles. The number of aryl methyl sites for hydroxylation is 1. The van der Waals surface area contributed by atoms with E-state index in [0.717, 1.165) is 12.1 Å². The van der Waals surface area contributed by atoms with Crippen molar-refractivity contribution in [3.8, 4) is 5.75 Å². The van der Waals surface area contributed by atoms with Crippen LogP contribution in [-0.4, -0.2) is 30.9 Å². The summed E-state index contributed by atoms with van der Waals surface area (Å²) in [4.78, 5) is 0. The maximum Gasteiger partial charge on any atom is 0.123 e. The first-order valence-electron chi connectivity index (χ1n) is 5.90. The summed E-state index contributed by atoms with van der Waals surface area (Å²) in [6, 6.07) is 4.59. The van der Waals surface area contributed by atoms with Crippen molar-refractivity contribution in [2.45, 2.75) is 26.3 Å². The van der Waals surface area contributed by atoms with Gasteiger partial charge in [0.05, 0.1) is 0 Å². The Bertz CT molecular complexity index is 338. The smallest absolute Gasteiger partial charge is 0.123 e. The summed E-state index contributed by atoms with van der Waals surface area (Å²) in [6.45, 7) is 5.25. The van der Waals surface area contributed by atoms with Gasteiger partial charge in [0, 0.05) is 12.6 Å². The number of rotatable bonds is 7. The monoisotopic (exact) mass is 241 g/mol. The number of benzene rings is 1. The maximum atomic E-state index is 12.9. The molecule has 0 amide bonds. The standard InChI is InChI=1S/C13H20FNO2/c1-3-15-12(6-7-16)9-17-13-5-4-11(14)8-10(13)2/h4-5,8,12,15-16H,3,6-7,9H2,1-2H3. The van der Waals surface area contributed by atoms with Gasteiger partial charge in [-0.3, -0.25) is 0 Å². The van der Waals surface area contributed by atoms with E-state index in [-0.39, 0.29) is 18.5 Å². The van der Waals surface area contributed by atoms with Crippen molar-refractivity contribution >= 4 is 0 Å². The molecule has 0 aromatic heterocycles. The molecule has 17 heavy (non-hydrogen) atoms. The highest BCUT2D eigenvalue weighted by Crippen LogP contribution is 2.18. The number of hydrogen-bond acceptors (Lipinski definition) is 3. The van der Waals surface area contributed by atoms with E-state index in [4.69, 9.17) is 9.84 Å². The molecule has 0 fully saturated rings. The Balaban J connectivity index is 2.52. The fourth-order valence-corrected chi connectivity index (χ4v) is 1.65. The topological polar surface area (TPSA) is 41.5 Å². The highest BCUT2D eigenvalue weighted by molar-refractivity contribution is 5.32. The second-order valence-corrected chi connectivity index (χ2v) is 3.99. The van der Waals surface area contributed by atoms with Crippen molar-refractivity contribution in [3.63, 3.8) is 0 Å². The van der Waals surface area contributed by atoms with E-state index in [1.807, 2.05) is 13.8 Å². The zero-order valence-electron chi connectivity index (χ0n) is 10.4. The molecule has 1 aromatic rings. The van der Waals surface area contributed by atoms with E-state index in [1.54, 1.807) is 6.07 Å². The van der Waals surface area contributed by atoms with Gasteiger partial charge in [-0.2, -0.15) is 0 Å². The van der Waals surface area contributed by atoms with Gasteiger partial charge < -0.3 is 15.2 Å². The Morgan fingerprint density at radius 2 is 2.24 bits per heavy atom. The van der Waals surface area contributed by atoms with Crippen LogP contribution in [0, 0.1) is 12.7 Å². The van der Waals surface area contributed by atoms with Crippen molar-refractivity contribution in [3.05, 3.63) is 29.6 Å². The fraction of sp³-hybridized carbons (Fsp3) is 0.538. The predicted octanol–water partition coefficient (Wildman–Crippen LogP) is 1.87. The average Bonchev–Trinajstić information content (AvgIpc) is 2.28.